The van der Waals surface area contributed by atoms with Crippen LogP contribution in [0.4, 0.5) is 5.82 Å². The van der Waals surface area contributed by atoms with Crippen LogP contribution in [-0.4, -0.2) is 71.2 Å². The number of hydrogen-bond donors (Lipinski definition) is 4. The first-order valence-corrected chi connectivity index (χ1v) is 12.3. The third kappa shape index (κ3) is 4.59. The third-order valence-corrected chi connectivity index (χ3v) is 8.32. The van der Waals surface area contributed by atoms with Crippen molar-refractivity contribution in [2.45, 2.75) is 75.8 Å². The number of aromatic nitrogens is 4. The molecule has 11 nitrogen and oxygen atoms in total. The van der Waals surface area contributed by atoms with Gasteiger partial charge >= 0.3 is 7.60 Å². The fourth-order valence-electron chi connectivity index (χ4n) is 4.03. The summed E-state index contributed by atoms with van der Waals surface area (Å²) < 4.78 is 26.0. The highest BCUT2D eigenvalue weighted by atomic mass is 31.2. The van der Waals surface area contributed by atoms with Crippen LogP contribution >= 0.6 is 7.60 Å². The molecule has 3 rings (SSSR count). The summed E-state index contributed by atoms with van der Waals surface area (Å²) >= 11 is 0. The van der Waals surface area contributed by atoms with Gasteiger partial charge < -0.3 is 25.2 Å². The summed E-state index contributed by atoms with van der Waals surface area (Å²) in [6, 6.07) is 0. The van der Waals surface area contributed by atoms with Crippen molar-refractivity contribution in [3.8, 4) is 0 Å². The molecular weight excluding hydrogens is 437 g/mol. The van der Waals surface area contributed by atoms with E-state index in [0.29, 0.717) is 29.8 Å². The van der Waals surface area contributed by atoms with Gasteiger partial charge in [-0.15, -0.1) is 6.58 Å². The smallest absolute Gasteiger partial charge is 0.331 e. The molecule has 2 aromatic rings. The minimum absolute atomic E-state index is 0.0132. The maximum absolute atomic E-state index is 12.8. The molecule has 178 valence electrons. The molecule has 4 N–H and O–H groups in total. The molecule has 6 atom stereocenters. The Hall–Kier alpha value is -1.88. The summed E-state index contributed by atoms with van der Waals surface area (Å²) in [4.78, 5) is 23.1. The Morgan fingerprint density at radius 1 is 1.34 bits per heavy atom. The summed E-state index contributed by atoms with van der Waals surface area (Å²) in [5.74, 6) is 0.520. The maximum atomic E-state index is 12.8. The molecule has 0 spiro atoms. The largest absolute Gasteiger partial charge is 0.388 e. The molecule has 1 saturated heterocycles. The zero-order valence-electron chi connectivity index (χ0n) is 18.7. The first-order chi connectivity index (χ1) is 15.1. The Bertz CT molecular complexity index is 998. The number of nitrogens with zero attached hydrogens (tertiary/aromatic N) is 4. The summed E-state index contributed by atoms with van der Waals surface area (Å²) in [7, 11) is -2.24. The van der Waals surface area contributed by atoms with E-state index in [4.69, 9.17) is 9.26 Å². The van der Waals surface area contributed by atoms with Crippen molar-refractivity contribution in [2.75, 3.05) is 12.4 Å². The zero-order valence-corrected chi connectivity index (χ0v) is 19.6. The normalized spacial score (nSPS) is 27.4. The Labute approximate surface area is 187 Å². The van der Waals surface area contributed by atoms with Crippen LogP contribution in [0.25, 0.3) is 11.2 Å². The lowest BCUT2D eigenvalue weighted by atomic mass is 9.95. The molecule has 12 heteroatoms. The Balaban J connectivity index is 1.83. The average Bonchev–Trinajstić information content (AvgIpc) is 3.30. The Kier molecular flexibility index (Phi) is 7.38. The number of aliphatic hydroxyl groups excluding tert-OH is 2. The van der Waals surface area contributed by atoms with Gasteiger partial charge in [0.05, 0.1) is 23.7 Å². The van der Waals surface area contributed by atoms with Crippen molar-refractivity contribution in [1.82, 2.24) is 19.5 Å². The second-order valence-corrected chi connectivity index (χ2v) is 10.2. The van der Waals surface area contributed by atoms with Crippen molar-refractivity contribution >= 4 is 24.6 Å². The topological polar surface area (TPSA) is 152 Å². The molecule has 2 aromatic heterocycles. The van der Waals surface area contributed by atoms with Gasteiger partial charge in [-0.1, -0.05) is 19.9 Å². The van der Waals surface area contributed by atoms with E-state index in [1.54, 1.807) is 14.0 Å². The summed E-state index contributed by atoms with van der Waals surface area (Å²) in [6.07, 6.45) is 0.845. The number of fused-ring (bicyclic) bond motifs is 1. The van der Waals surface area contributed by atoms with Crippen LogP contribution in [0.3, 0.4) is 0 Å². The molecule has 0 radical (unpaired) electrons. The van der Waals surface area contributed by atoms with Crippen LogP contribution in [0, 0.1) is 0 Å². The molecular formula is C20H32N5O6P. The van der Waals surface area contributed by atoms with Crippen LogP contribution in [0.5, 0.6) is 0 Å². The van der Waals surface area contributed by atoms with E-state index in [0.717, 1.165) is 0 Å². The molecule has 0 aliphatic carbocycles. The first kappa shape index (κ1) is 24.8. The Morgan fingerprint density at radius 2 is 2.03 bits per heavy atom. The monoisotopic (exact) mass is 469 g/mol. The molecule has 1 aliphatic heterocycles. The van der Waals surface area contributed by atoms with Gasteiger partial charge in [-0.25, -0.2) is 15.0 Å². The molecule has 0 aromatic carbocycles. The number of aliphatic hydroxyl groups is 2. The molecule has 0 bridgehead atoms. The lowest BCUT2D eigenvalue weighted by molar-refractivity contribution is -0.0552. The maximum Gasteiger partial charge on any atom is 0.331 e. The standard InChI is InChI=1S/C20H32N5O6P/c1-6-12(7-2)32(28,29)31-20(4,8-3)9-13-15(26)16(27)19(30-13)25-11-24-14-17(21-5)22-10-23-18(14)25/h8,10-13,15-16,19,26-27H,3,6-7,9H2,1-2,4-5H3,(H,28,29)(H,21,22,23). The minimum Gasteiger partial charge on any atom is -0.388 e. The van der Waals surface area contributed by atoms with Crippen molar-refractivity contribution in [1.29, 1.82) is 0 Å². The van der Waals surface area contributed by atoms with Crippen LogP contribution < -0.4 is 5.32 Å². The number of anilines is 1. The average molecular weight is 469 g/mol. The lowest BCUT2D eigenvalue weighted by Gasteiger charge is -2.33. The van der Waals surface area contributed by atoms with E-state index in [9.17, 15) is 19.7 Å². The third-order valence-electron chi connectivity index (χ3n) is 5.99. The number of hydrogen-bond acceptors (Lipinski definition) is 9. The van der Waals surface area contributed by atoms with E-state index in [-0.39, 0.29) is 6.42 Å². The predicted octanol–water partition coefficient (Wildman–Crippen LogP) is 2.21. The van der Waals surface area contributed by atoms with Crippen LogP contribution in [0.2, 0.25) is 0 Å². The van der Waals surface area contributed by atoms with Crippen molar-refractivity contribution < 1.29 is 28.9 Å². The molecule has 1 aliphatic rings. The fourth-order valence-corrected chi connectivity index (χ4v) is 5.85. The van der Waals surface area contributed by atoms with Gasteiger partial charge in [-0.2, -0.15) is 0 Å². The van der Waals surface area contributed by atoms with E-state index in [1.165, 1.54) is 23.3 Å². The first-order valence-electron chi connectivity index (χ1n) is 10.6. The van der Waals surface area contributed by atoms with Crippen molar-refractivity contribution in [2.24, 2.45) is 0 Å². The summed E-state index contributed by atoms with van der Waals surface area (Å²) in [5, 5.41) is 24.3. The molecule has 0 amide bonds. The van der Waals surface area contributed by atoms with Crippen LogP contribution in [0.1, 0.15) is 46.3 Å². The molecule has 0 saturated carbocycles. The van der Waals surface area contributed by atoms with Gasteiger partial charge in [-0.3, -0.25) is 13.7 Å². The second-order valence-electron chi connectivity index (χ2n) is 8.19. The van der Waals surface area contributed by atoms with E-state index < -0.39 is 43.4 Å². The van der Waals surface area contributed by atoms with E-state index >= 15 is 0 Å². The molecule has 6 unspecified atom stereocenters. The highest BCUT2D eigenvalue weighted by Gasteiger charge is 2.48. The van der Waals surface area contributed by atoms with E-state index in [2.05, 4.69) is 26.8 Å². The van der Waals surface area contributed by atoms with Gasteiger partial charge in [0.2, 0.25) is 0 Å². The number of imidazole rings is 1. The van der Waals surface area contributed by atoms with Crippen molar-refractivity contribution in [3.63, 3.8) is 0 Å². The molecule has 1 fully saturated rings. The van der Waals surface area contributed by atoms with Crippen LogP contribution in [0.15, 0.2) is 25.3 Å². The lowest BCUT2D eigenvalue weighted by Crippen LogP contribution is -2.38. The summed E-state index contributed by atoms with van der Waals surface area (Å²) in [6.45, 7) is 9.01. The quantitative estimate of drug-likeness (QED) is 0.301. The second kappa shape index (κ2) is 9.54. The zero-order chi connectivity index (χ0) is 23.7. The number of nitrogens with one attached hydrogen (secondary N) is 1. The van der Waals surface area contributed by atoms with Gasteiger partial charge in [0.25, 0.3) is 0 Å². The Morgan fingerprint density at radius 3 is 2.62 bits per heavy atom. The highest BCUT2D eigenvalue weighted by molar-refractivity contribution is 7.53. The van der Waals surface area contributed by atoms with Gasteiger partial charge in [-0.05, 0) is 19.8 Å². The molecule has 32 heavy (non-hydrogen) atoms. The minimum atomic E-state index is -3.95. The highest BCUT2D eigenvalue weighted by Crippen LogP contribution is 2.54. The van der Waals surface area contributed by atoms with Gasteiger partial charge in [0.1, 0.15) is 24.1 Å². The van der Waals surface area contributed by atoms with Crippen molar-refractivity contribution in [3.05, 3.63) is 25.3 Å². The van der Waals surface area contributed by atoms with Crippen LogP contribution in [-0.2, 0) is 13.8 Å². The van der Waals surface area contributed by atoms with Gasteiger partial charge in [0, 0.05) is 13.5 Å². The molecule has 3 heterocycles. The predicted molar refractivity (Wildman–Crippen MR) is 119 cm³/mol. The summed E-state index contributed by atoms with van der Waals surface area (Å²) in [5.41, 5.74) is -0.842. The van der Waals surface area contributed by atoms with E-state index in [1.807, 2.05) is 13.8 Å². The SMILES string of the molecule is C=CC(C)(CC1OC(n2cnc3c(NC)ncnc32)C(O)C1O)OP(=O)(O)C(CC)CC. The fraction of sp³-hybridized carbons (Fsp3) is 0.650. The number of ether oxygens (including phenoxy) is 1. The number of rotatable bonds is 10. The van der Waals surface area contributed by atoms with Gasteiger partial charge in [0.15, 0.2) is 17.7 Å².